The number of ether oxygens (including phenoxy) is 1. The molecule has 9 heteroatoms. The average Bonchev–Trinajstić information content (AvgIpc) is 2.92. The van der Waals surface area contributed by atoms with Crippen molar-refractivity contribution in [3.8, 4) is 5.88 Å². The van der Waals surface area contributed by atoms with E-state index in [2.05, 4.69) is 14.6 Å². The number of hydrogen-bond donors (Lipinski definition) is 1. The van der Waals surface area contributed by atoms with Crippen LogP contribution in [0.4, 0.5) is 0 Å². The number of pyridine rings is 1. The van der Waals surface area contributed by atoms with Gasteiger partial charge in [-0.3, -0.25) is 9.69 Å². The van der Waals surface area contributed by atoms with E-state index >= 15 is 0 Å². The van der Waals surface area contributed by atoms with Gasteiger partial charge in [0.05, 0.1) is 6.04 Å². The van der Waals surface area contributed by atoms with Gasteiger partial charge in [0, 0.05) is 45.3 Å². The van der Waals surface area contributed by atoms with Gasteiger partial charge in [-0.1, -0.05) is 0 Å². The standard InChI is InChI=1S/C16H22N4O4S/c1-11(21)19-7-4-12(5-8-19)20-9-13-14(10-20)24-16-15(3-2-6-17-16)25(22,23)18-13/h2-3,6,12-14,18H,4-5,7-10H2,1H3/t13-,14+/m1/s1. The number of nitrogens with one attached hydrogen (secondary N) is 1. The fraction of sp³-hybridized carbons (Fsp3) is 0.625. The first-order valence-corrected chi connectivity index (χ1v) is 10.1. The number of sulfonamides is 1. The summed E-state index contributed by atoms with van der Waals surface area (Å²) in [7, 11) is -3.62. The van der Waals surface area contributed by atoms with Crippen molar-refractivity contribution in [1.29, 1.82) is 0 Å². The summed E-state index contributed by atoms with van der Waals surface area (Å²) in [5.41, 5.74) is 0. The molecular weight excluding hydrogens is 344 g/mol. The van der Waals surface area contributed by atoms with Crippen LogP contribution in [0.5, 0.6) is 5.88 Å². The Balaban J connectivity index is 1.49. The average molecular weight is 366 g/mol. The summed E-state index contributed by atoms with van der Waals surface area (Å²) >= 11 is 0. The minimum atomic E-state index is -3.62. The first kappa shape index (κ1) is 16.7. The highest BCUT2D eigenvalue weighted by atomic mass is 32.2. The lowest BCUT2D eigenvalue weighted by atomic mass is 10.0. The Bertz CT molecular complexity index is 776. The van der Waals surface area contributed by atoms with E-state index in [9.17, 15) is 13.2 Å². The molecule has 1 aromatic heterocycles. The van der Waals surface area contributed by atoms with Gasteiger partial charge in [-0.25, -0.2) is 18.1 Å². The first-order chi connectivity index (χ1) is 11.9. The van der Waals surface area contributed by atoms with Gasteiger partial charge < -0.3 is 9.64 Å². The van der Waals surface area contributed by atoms with Gasteiger partial charge in [-0.2, -0.15) is 0 Å². The predicted octanol–water partition coefficient (Wildman–Crippen LogP) is -0.184. The van der Waals surface area contributed by atoms with Crippen LogP contribution in [0.15, 0.2) is 23.2 Å². The number of fused-ring (bicyclic) bond motifs is 2. The van der Waals surface area contributed by atoms with Crippen LogP contribution in [0, 0.1) is 0 Å². The maximum absolute atomic E-state index is 12.5. The number of likely N-dealkylation sites (tertiary alicyclic amines) is 2. The van der Waals surface area contributed by atoms with Crippen LogP contribution in [0.3, 0.4) is 0 Å². The minimum absolute atomic E-state index is 0.103. The van der Waals surface area contributed by atoms with Gasteiger partial charge in [0.15, 0.2) is 0 Å². The second-order valence-electron chi connectivity index (χ2n) is 6.88. The first-order valence-electron chi connectivity index (χ1n) is 8.57. The van der Waals surface area contributed by atoms with Gasteiger partial charge in [0.1, 0.15) is 11.0 Å². The third-order valence-electron chi connectivity index (χ3n) is 5.32. The number of nitrogens with zero attached hydrogens (tertiary/aromatic N) is 3. The molecule has 1 aromatic rings. The number of hydrogen-bond acceptors (Lipinski definition) is 6. The molecule has 0 unspecified atom stereocenters. The summed E-state index contributed by atoms with van der Waals surface area (Å²) in [5.74, 6) is 0.291. The molecule has 0 aromatic carbocycles. The molecule has 1 amide bonds. The van der Waals surface area contributed by atoms with Crippen LogP contribution in [0.1, 0.15) is 19.8 Å². The van der Waals surface area contributed by atoms with E-state index in [1.807, 2.05) is 4.90 Å². The van der Waals surface area contributed by atoms with Crippen molar-refractivity contribution in [2.45, 2.75) is 42.8 Å². The van der Waals surface area contributed by atoms with Gasteiger partial charge in [0.25, 0.3) is 0 Å². The second kappa shape index (κ2) is 6.22. The number of carbonyl (C=O) groups excluding carboxylic acids is 1. The third kappa shape index (κ3) is 3.11. The third-order valence-corrected chi connectivity index (χ3v) is 6.82. The largest absolute Gasteiger partial charge is 0.470 e. The number of rotatable bonds is 1. The zero-order chi connectivity index (χ0) is 17.6. The van der Waals surface area contributed by atoms with Gasteiger partial charge in [0.2, 0.25) is 21.8 Å². The van der Waals surface area contributed by atoms with Crippen LogP contribution in [-0.4, -0.2) is 73.5 Å². The highest BCUT2D eigenvalue weighted by molar-refractivity contribution is 7.89. The van der Waals surface area contributed by atoms with E-state index in [4.69, 9.17) is 4.74 Å². The molecular formula is C16H22N4O4S. The Kier molecular flexibility index (Phi) is 4.17. The van der Waals surface area contributed by atoms with E-state index in [0.717, 1.165) is 25.9 Å². The maximum Gasteiger partial charge on any atom is 0.246 e. The Labute approximate surface area is 147 Å². The Morgan fingerprint density at radius 2 is 2.08 bits per heavy atom. The van der Waals surface area contributed by atoms with Crippen molar-refractivity contribution in [3.05, 3.63) is 18.3 Å². The predicted molar refractivity (Wildman–Crippen MR) is 89.6 cm³/mol. The summed E-state index contributed by atoms with van der Waals surface area (Å²) < 4.78 is 33.8. The Morgan fingerprint density at radius 1 is 1.32 bits per heavy atom. The zero-order valence-electron chi connectivity index (χ0n) is 14.1. The molecule has 0 aliphatic carbocycles. The van der Waals surface area contributed by atoms with E-state index < -0.39 is 10.0 Å². The second-order valence-corrected chi connectivity index (χ2v) is 8.56. The van der Waals surface area contributed by atoms with Gasteiger partial charge in [-0.15, -0.1) is 0 Å². The highest BCUT2D eigenvalue weighted by Crippen LogP contribution is 2.30. The molecule has 2 fully saturated rings. The Hall–Kier alpha value is -1.71. The fourth-order valence-electron chi connectivity index (χ4n) is 3.95. The molecule has 8 nitrogen and oxygen atoms in total. The maximum atomic E-state index is 12.5. The summed E-state index contributed by atoms with van der Waals surface area (Å²) in [4.78, 5) is 19.8. The molecule has 3 aliphatic heterocycles. The number of carbonyl (C=O) groups is 1. The number of aromatic nitrogens is 1. The van der Waals surface area contributed by atoms with Crippen LogP contribution in [-0.2, 0) is 14.8 Å². The van der Waals surface area contributed by atoms with Crippen molar-refractivity contribution >= 4 is 15.9 Å². The molecule has 2 saturated heterocycles. The molecule has 2 atom stereocenters. The number of amides is 1. The summed E-state index contributed by atoms with van der Waals surface area (Å²) in [5, 5.41) is 0. The quantitative estimate of drug-likeness (QED) is 0.741. The van der Waals surface area contributed by atoms with Crippen molar-refractivity contribution in [1.82, 2.24) is 19.5 Å². The molecule has 0 radical (unpaired) electrons. The summed E-state index contributed by atoms with van der Waals surface area (Å²) in [6, 6.07) is 3.17. The topological polar surface area (TPSA) is 91.8 Å². The van der Waals surface area contributed by atoms with Crippen LogP contribution in [0.2, 0.25) is 0 Å². The van der Waals surface area contributed by atoms with E-state index in [1.165, 1.54) is 6.07 Å². The normalized spacial score (nSPS) is 29.4. The van der Waals surface area contributed by atoms with Crippen LogP contribution < -0.4 is 9.46 Å². The summed E-state index contributed by atoms with van der Waals surface area (Å²) in [6.07, 6.45) is 3.09. The molecule has 0 saturated carbocycles. The molecule has 3 aliphatic rings. The fourth-order valence-corrected chi connectivity index (χ4v) is 5.30. The molecule has 1 N–H and O–H groups in total. The SMILES string of the molecule is CC(=O)N1CCC(N2C[C@@H]3Oc4ncccc4S(=O)(=O)N[C@@H]3C2)CC1. The molecule has 0 spiro atoms. The van der Waals surface area contributed by atoms with Crippen molar-refractivity contribution in [2.75, 3.05) is 26.2 Å². The van der Waals surface area contributed by atoms with Crippen molar-refractivity contribution in [2.24, 2.45) is 0 Å². The van der Waals surface area contributed by atoms with E-state index in [0.29, 0.717) is 19.1 Å². The molecule has 0 bridgehead atoms. The zero-order valence-corrected chi connectivity index (χ0v) is 14.9. The lowest BCUT2D eigenvalue weighted by Crippen LogP contribution is -2.46. The molecule has 4 heterocycles. The lowest BCUT2D eigenvalue weighted by molar-refractivity contribution is -0.130. The van der Waals surface area contributed by atoms with Crippen molar-refractivity contribution in [3.63, 3.8) is 0 Å². The highest BCUT2D eigenvalue weighted by Gasteiger charge is 2.43. The smallest absolute Gasteiger partial charge is 0.246 e. The minimum Gasteiger partial charge on any atom is -0.470 e. The Morgan fingerprint density at radius 3 is 2.80 bits per heavy atom. The lowest BCUT2D eigenvalue weighted by Gasteiger charge is -2.36. The van der Waals surface area contributed by atoms with Gasteiger partial charge in [-0.05, 0) is 25.0 Å². The summed E-state index contributed by atoms with van der Waals surface area (Å²) in [6.45, 7) is 4.38. The molecule has 136 valence electrons. The van der Waals surface area contributed by atoms with Crippen molar-refractivity contribution < 1.29 is 17.9 Å². The van der Waals surface area contributed by atoms with Gasteiger partial charge >= 0.3 is 0 Å². The molecule has 4 rings (SSSR count). The van der Waals surface area contributed by atoms with E-state index in [1.54, 1.807) is 19.2 Å². The van der Waals surface area contributed by atoms with Crippen LogP contribution >= 0.6 is 0 Å². The van der Waals surface area contributed by atoms with E-state index in [-0.39, 0.29) is 28.8 Å². The molecule has 25 heavy (non-hydrogen) atoms. The van der Waals surface area contributed by atoms with Crippen LogP contribution in [0.25, 0.3) is 0 Å². The monoisotopic (exact) mass is 366 g/mol. The number of piperidine rings is 1.